The van der Waals surface area contributed by atoms with Gasteiger partial charge in [-0.3, -0.25) is 0 Å². The summed E-state index contributed by atoms with van der Waals surface area (Å²) in [5.41, 5.74) is 1.16. The Morgan fingerprint density at radius 2 is 1.92 bits per heavy atom. The highest BCUT2D eigenvalue weighted by atomic mass is 35.5. The number of alkyl halides is 2. The minimum absolute atomic E-state index is 0.200. The first-order chi connectivity index (χ1) is 18.3. The minimum atomic E-state index is -2.90. The van der Waals surface area contributed by atoms with Crippen LogP contribution in [0.15, 0.2) is 35.4 Å². The van der Waals surface area contributed by atoms with Gasteiger partial charge in [-0.2, -0.15) is 5.26 Å². The Labute approximate surface area is 229 Å². The monoisotopic (exact) mass is 553 g/mol. The summed E-state index contributed by atoms with van der Waals surface area (Å²) in [5.74, 6) is -4.02. The molecule has 1 aromatic rings. The molecule has 1 fully saturated rings. The van der Waals surface area contributed by atoms with E-state index in [9.17, 15) is 4.79 Å². The van der Waals surface area contributed by atoms with Crippen LogP contribution < -0.4 is 4.74 Å². The lowest BCUT2D eigenvalue weighted by atomic mass is 9.76. The third-order valence-corrected chi connectivity index (χ3v) is 7.34. The fourth-order valence-electron chi connectivity index (χ4n) is 5.23. The number of ether oxygens (including phenoxy) is 4. The zero-order valence-electron chi connectivity index (χ0n) is 22.1. The second-order valence-corrected chi connectivity index (χ2v) is 10.4. The third-order valence-electron chi connectivity index (χ3n) is 7.09. The van der Waals surface area contributed by atoms with Crippen molar-refractivity contribution in [2.75, 3.05) is 26.4 Å². The van der Waals surface area contributed by atoms with Gasteiger partial charge < -0.3 is 18.9 Å². The first-order valence-corrected chi connectivity index (χ1v) is 14.0. The first-order valence-electron chi connectivity index (χ1n) is 13.6. The maximum atomic E-state index is 15.1. The average molecular weight is 554 g/mol. The third kappa shape index (κ3) is 9.21. The van der Waals surface area contributed by atoms with Crippen molar-refractivity contribution < 1.29 is 32.5 Å². The molecule has 0 N–H and O–H groups in total. The maximum Gasteiger partial charge on any atom is 0.334 e. The first kappa shape index (κ1) is 30.3. The highest BCUT2D eigenvalue weighted by Gasteiger charge is 2.45. The molecule has 1 heterocycles. The number of hydrogen-bond donors (Lipinski definition) is 0. The van der Waals surface area contributed by atoms with Gasteiger partial charge >= 0.3 is 5.97 Å². The van der Waals surface area contributed by atoms with Crippen LogP contribution in [-0.4, -0.2) is 44.1 Å². The number of rotatable bonds is 15. The lowest BCUT2D eigenvalue weighted by molar-refractivity contribution is -0.169. The molecule has 3 rings (SSSR count). The summed E-state index contributed by atoms with van der Waals surface area (Å²) in [6, 6.07) is 9.10. The van der Waals surface area contributed by atoms with Gasteiger partial charge in [0.2, 0.25) is 5.92 Å². The van der Waals surface area contributed by atoms with Crippen molar-refractivity contribution in [3.8, 4) is 11.8 Å². The van der Waals surface area contributed by atoms with Gasteiger partial charge in [-0.25, -0.2) is 13.6 Å². The molecular formula is C29H38ClF2NO5. The van der Waals surface area contributed by atoms with Crippen LogP contribution in [0.1, 0.15) is 77.6 Å². The number of benzene rings is 1. The Kier molecular flexibility index (Phi) is 11.8. The zero-order chi connectivity index (χ0) is 27.4. The molecule has 38 heavy (non-hydrogen) atoms. The Hall–Kier alpha value is -2.21. The molecule has 1 saturated heterocycles. The molecular weight excluding hydrogens is 516 g/mol. The van der Waals surface area contributed by atoms with Gasteiger partial charge in [0.15, 0.2) is 5.79 Å². The number of carbonyl (C=O) groups excluding carboxylic acids is 1. The summed E-state index contributed by atoms with van der Waals surface area (Å²) in [4.78, 5) is 13.0. The van der Waals surface area contributed by atoms with Crippen LogP contribution in [0.25, 0.3) is 0 Å². The predicted molar refractivity (Wildman–Crippen MR) is 140 cm³/mol. The Morgan fingerprint density at radius 1 is 1.18 bits per heavy atom. The van der Waals surface area contributed by atoms with Gasteiger partial charge in [0.05, 0.1) is 32.5 Å². The summed E-state index contributed by atoms with van der Waals surface area (Å²) < 4.78 is 53.1. The molecule has 1 spiro atoms. The van der Waals surface area contributed by atoms with Crippen LogP contribution in [0.3, 0.4) is 0 Å². The second kappa shape index (κ2) is 14.8. The Balaban J connectivity index is 1.72. The number of halogens is 3. The van der Waals surface area contributed by atoms with E-state index in [1.807, 2.05) is 6.07 Å². The van der Waals surface area contributed by atoms with E-state index >= 15 is 8.78 Å². The van der Waals surface area contributed by atoms with Crippen LogP contribution in [-0.2, 0) is 19.0 Å². The van der Waals surface area contributed by atoms with Gasteiger partial charge in [0, 0.05) is 42.7 Å². The number of esters is 1. The summed E-state index contributed by atoms with van der Waals surface area (Å²) in [7, 11) is 0. The number of nitrogens with zero attached hydrogens (tertiary/aromatic N) is 1. The molecule has 0 aromatic heterocycles. The molecule has 1 aromatic carbocycles. The summed E-state index contributed by atoms with van der Waals surface area (Å²) >= 11 is 5.91. The van der Waals surface area contributed by atoms with Gasteiger partial charge in [0.1, 0.15) is 5.75 Å². The molecule has 1 atom stereocenters. The molecule has 0 saturated carbocycles. The van der Waals surface area contributed by atoms with Crippen LogP contribution >= 0.6 is 11.6 Å². The standard InChI is InChI=1S/C29H38ClF2NO5/c1-2-35-27(34)26-21-29(37-18-19-38-29)15-13-25(26)22(20-28(31,32)14-5-3-6-16-33)8-4-7-17-36-24-11-9-23(30)10-12-24/h9-12,22H,2-8,13-15,17-21H2,1H3. The number of carbonyl (C=O) groups is 1. The van der Waals surface area contributed by atoms with E-state index in [4.69, 9.17) is 35.8 Å². The highest BCUT2D eigenvalue weighted by molar-refractivity contribution is 6.30. The largest absolute Gasteiger partial charge is 0.494 e. The maximum absolute atomic E-state index is 15.1. The number of hydrogen-bond acceptors (Lipinski definition) is 6. The predicted octanol–water partition coefficient (Wildman–Crippen LogP) is 7.40. The lowest BCUT2D eigenvalue weighted by Crippen LogP contribution is -2.37. The van der Waals surface area contributed by atoms with E-state index in [2.05, 4.69) is 0 Å². The second-order valence-electron chi connectivity index (χ2n) is 9.93. The molecule has 1 unspecified atom stereocenters. The topological polar surface area (TPSA) is 77.8 Å². The number of unbranched alkanes of at least 4 members (excludes halogenated alkanes) is 3. The summed E-state index contributed by atoms with van der Waals surface area (Å²) in [5, 5.41) is 9.35. The van der Waals surface area contributed by atoms with Crippen LogP contribution in [0.4, 0.5) is 8.78 Å². The summed E-state index contributed by atoms with van der Waals surface area (Å²) in [6.07, 6.45) is 3.44. The van der Waals surface area contributed by atoms with E-state index < -0.39 is 23.6 Å². The Bertz CT molecular complexity index is 970. The zero-order valence-corrected chi connectivity index (χ0v) is 22.9. The van der Waals surface area contributed by atoms with Crippen molar-refractivity contribution >= 4 is 17.6 Å². The highest BCUT2D eigenvalue weighted by Crippen LogP contribution is 2.45. The van der Waals surface area contributed by atoms with Gasteiger partial charge in [-0.05, 0) is 75.6 Å². The van der Waals surface area contributed by atoms with Crippen LogP contribution in [0, 0.1) is 17.2 Å². The number of allylic oxidation sites excluding steroid dienone is 1. The lowest BCUT2D eigenvalue weighted by Gasteiger charge is -2.37. The van der Waals surface area contributed by atoms with Gasteiger partial charge in [-0.1, -0.05) is 17.2 Å². The van der Waals surface area contributed by atoms with E-state index in [1.54, 1.807) is 31.2 Å². The van der Waals surface area contributed by atoms with Crippen molar-refractivity contribution in [2.24, 2.45) is 5.92 Å². The minimum Gasteiger partial charge on any atom is -0.494 e. The van der Waals surface area contributed by atoms with Crippen molar-refractivity contribution in [3.63, 3.8) is 0 Å². The van der Waals surface area contributed by atoms with Crippen molar-refractivity contribution in [3.05, 3.63) is 40.4 Å². The van der Waals surface area contributed by atoms with Crippen molar-refractivity contribution in [1.82, 2.24) is 0 Å². The molecule has 0 amide bonds. The van der Waals surface area contributed by atoms with Gasteiger partial charge in [0.25, 0.3) is 0 Å². The average Bonchev–Trinajstić information content (AvgIpc) is 3.34. The molecule has 9 heteroatoms. The van der Waals surface area contributed by atoms with Crippen molar-refractivity contribution in [2.45, 2.75) is 89.3 Å². The normalized spacial score (nSPS) is 17.9. The Morgan fingerprint density at radius 3 is 2.61 bits per heavy atom. The molecule has 1 aliphatic carbocycles. The molecule has 2 aliphatic rings. The molecule has 1 aliphatic heterocycles. The molecule has 6 nitrogen and oxygen atoms in total. The SMILES string of the molecule is CCOC(=O)C1=C(C(CCCCOc2ccc(Cl)cc2)CC(F)(F)CCCCC#N)CCC2(C1)OCCO2. The van der Waals surface area contributed by atoms with Crippen LogP contribution in [0.5, 0.6) is 5.75 Å². The van der Waals surface area contributed by atoms with E-state index in [0.717, 1.165) is 5.57 Å². The quantitative estimate of drug-likeness (QED) is 0.166. The van der Waals surface area contributed by atoms with E-state index in [0.29, 0.717) is 74.7 Å². The fourth-order valence-corrected chi connectivity index (χ4v) is 5.35. The van der Waals surface area contributed by atoms with E-state index in [1.165, 1.54) is 0 Å². The van der Waals surface area contributed by atoms with Gasteiger partial charge in [-0.15, -0.1) is 0 Å². The van der Waals surface area contributed by atoms with Crippen molar-refractivity contribution in [1.29, 1.82) is 5.26 Å². The van der Waals surface area contributed by atoms with E-state index in [-0.39, 0.29) is 38.7 Å². The fraction of sp³-hybridized carbons (Fsp3) is 0.655. The van der Waals surface area contributed by atoms with Crippen LogP contribution in [0.2, 0.25) is 5.02 Å². The number of nitriles is 1. The molecule has 0 bridgehead atoms. The smallest absolute Gasteiger partial charge is 0.334 e. The molecule has 210 valence electrons. The molecule has 0 radical (unpaired) electrons. The summed E-state index contributed by atoms with van der Waals surface area (Å²) in [6.45, 7) is 3.28.